The highest BCUT2D eigenvalue weighted by atomic mass is 16.5. The number of carbonyl (C=O) groups excluding carboxylic acids is 3. The Hall–Kier alpha value is -4.19. The fraction of sp³-hybridized carbons (Fsp3) is 0.367. The second-order valence-corrected chi connectivity index (χ2v) is 10.9. The molecule has 6 unspecified atom stereocenters. The number of carbonyl (C=O) groups is 3. The SMILES string of the molecule is CCOc1ccc(CC2c3cccc(O)c3C(O)=C3C(=O)C4(O)C(O)=C(C(N)=O)C(=O)C(N(C)C)C4C(O)C32)cc1. The average molecular weight is 565 g/mol. The Morgan fingerprint density at radius 1 is 1.07 bits per heavy atom. The van der Waals surface area contributed by atoms with Crippen LogP contribution in [0.2, 0.25) is 0 Å². The summed E-state index contributed by atoms with van der Waals surface area (Å²) in [5.74, 6) is -8.62. The zero-order valence-corrected chi connectivity index (χ0v) is 22.7. The maximum Gasteiger partial charge on any atom is 0.255 e. The second kappa shape index (κ2) is 10.0. The van der Waals surface area contributed by atoms with Crippen LogP contribution in [0.5, 0.6) is 11.5 Å². The third-order valence-corrected chi connectivity index (χ3v) is 8.49. The van der Waals surface area contributed by atoms with Crippen molar-refractivity contribution in [3.63, 3.8) is 0 Å². The van der Waals surface area contributed by atoms with Crippen molar-refractivity contribution in [2.75, 3.05) is 20.7 Å². The summed E-state index contributed by atoms with van der Waals surface area (Å²) in [4.78, 5) is 41.1. The number of phenols is 1. The average Bonchev–Trinajstić information content (AvgIpc) is 2.91. The minimum absolute atomic E-state index is 0.0491. The number of aliphatic hydroxyl groups is 4. The molecule has 7 N–H and O–H groups in total. The van der Waals surface area contributed by atoms with Gasteiger partial charge in [0.2, 0.25) is 5.78 Å². The highest BCUT2D eigenvalue weighted by Gasteiger charge is 2.68. The van der Waals surface area contributed by atoms with Gasteiger partial charge in [0.05, 0.1) is 30.2 Å². The molecule has 6 atom stereocenters. The number of likely N-dealkylation sites (N-methyl/N-ethyl adjacent to an activating group) is 1. The summed E-state index contributed by atoms with van der Waals surface area (Å²) >= 11 is 0. The lowest BCUT2D eigenvalue weighted by Gasteiger charge is -2.54. The highest BCUT2D eigenvalue weighted by molar-refractivity contribution is 6.24. The Labute approximate surface area is 235 Å². The number of rotatable bonds is 6. The lowest BCUT2D eigenvalue weighted by Crippen LogP contribution is -2.70. The lowest BCUT2D eigenvalue weighted by atomic mass is 9.53. The van der Waals surface area contributed by atoms with Crippen molar-refractivity contribution < 1.29 is 44.7 Å². The van der Waals surface area contributed by atoms with Gasteiger partial charge in [-0.15, -0.1) is 0 Å². The molecule has 1 amide bonds. The molecule has 0 aliphatic heterocycles. The number of aliphatic hydroxyl groups excluding tert-OH is 3. The van der Waals surface area contributed by atoms with E-state index in [1.54, 1.807) is 24.3 Å². The fourth-order valence-corrected chi connectivity index (χ4v) is 6.78. The molecule has 2 aromatic carbocycles. The number of phenolic OH excluding ortho intramolecular Hbond substituents is 1. The predicted octanol–water partition coefficient (Wildman–Crippen LogP) is 1.12. The summed E-state index contributed by atoms with van der Waals surface area (Å²) in [6.07, 6.45) is -1.44. The van der Waals surface area contributed by atoms with E-state index in [1.165, 1.54) is 25.1 Å². The van der Waals surface area contributed by atoms with Crippen molar-refractivity contribution >= 4 is 23.2 Å². The van der Waals surface area contributed by atoms with Crippen LogP contribution in [0.1, 0.15) is 29.5 Å². The summed E-state index contributed by atoms with van der Waals surface area (Å²) in [5.41, 5.74) is 2.21. The number of hydrogen-bond acceptors (Lipinski definition) is 10. The Morgan fingerprint density at radius 3 is 2.32 bits per heavy atom. The summed E-state index contributed by atoms with van der Waals surface area (Å²) in [5, 5.41) is 57.0. The Morgan fingerprint density at radius 2 is 1.73 bits per heavy atom. The van der Waals surface area contributed by atoms with E-state index in [0.29, 0.717) is 17.9 Å². The third kappa shape index (κ3) is 4.03. The van der Waals surface area contributed by atoms with Crippen LogP contribution in [0.4, 0.5) is 0 Å². The molecular weight excluding hydrogens is 532 g/mol. The van der Waals surface area contributed by atoms with Crippen LogP contribution in [-0.4, -0.2) is 86.4 Å². The van der Waals surface area contributed by atoms with Gasteiger partial charge in [-0.05, 0) is 62.7 Å². The summed E-state index contributed by atoms with van der Waals surface area (Å²) in [7, 11) is 2.94. The van der Waals surface area contributed by atoms with Gasteiger partial charge in [-0.3, -0.25) is 19.3 Å². The Balaban J connectivity index is 1.74. The number of amides is 1. The van der Waals surface area contributed by atoms with Gasteiger partial charge in [0.15, 0.2) is 11.4 Å². The predicted molar refractivity (Wildman–Crippen MR) is 146 cm³/mol. The number of nitrogens with zero attached hydrogens (tertiary/aromatic N) is 1. The molecule has 3 aliphatic carbocycles. The van der Waals surface area contributed by atoms with Crippen molar-refractivity contribution in [1.82, 2.24) is 4.90 Å². The van der Waals surface area contributed by atoms with Gasteiger partial charge in [-0.1, -0.05) is 24.3 Å². The minimum Gasteiger partial charge on any atom is -0.508 e. The molecule has 0 aromatic heterocycles. The number of primary amides is 1. The number of ketones is 2. The van der Waals surface area contributed by atoms with E-state index in [1.807, 2.05) is 19.1 Å². The molecular formula is C30H32N2O9. The smallest absolute Gasteiger partial charge is 0.255 e. The first-order chi connectivity index (χ1) is 19.4. The first-order valence-corrected chi connectivity index (χ1v) is 13.2. The van der Waals surface area contributed by atoms with E-state index in [9.17, 15) is 39.9 Å². The minimum atomic E-state index is -2.96. The molecule has 2 aromatic rings. The zero-order chi connectivity index (χ0) is 30.0. The summed E-state index contributed by atoms with van der Waals surface area (Å²) in [6.45, 7) is 2.34. The molecule has 1 saturated carbocycles. The van der Waals surface area contributed by atoms with Crippen LogP contribution in [0.25, 0.3) is 5.76 Å². The summed E-state index contributed by atoms with van der Waals surface area (Å²) in [6, 6.07) is 10.3. The topological polar surface area (TPSA) is 191 Å². The molecule has 0 spiro atoms. The maximum absolute atomic E-state index is 14.2. The molecule has 1 fully saturated rings. The van der Waals surface area contributed by atoms with E-state index in [2.05, 4.69) is 0 Å². The molecule has 0 saturated heterocycles. The van der Waals surface area contributed by atoms with Crippen molar-refractivity contribution in [2.24, 2.45) is 17.6 Å². The van der Waals surface area contributed by atoms with Gasteiger partial charge in [0.1, 0.15) is 28.6 Å². The number of ether oxygens (including phenoxy) is 1. The monoisotopic (exact) mass is 564 g/mol. The van der Waals surface area contributed by atoms with Crippen molar-refractivity contribution in [2.45, 2.75) is 37.0 Å². The number of nitrogens with two attached hydrogens (primary N) is 1. The number of fused-ring (bicyclic) bond motifs is 3. The van der Waals surface area contributed by atoms with Crippen LogP contribution in [0.15, 0.2) is 59.4 Å². The van der Waals surface area contributed by atoms with Gasteiger partial charge in [-0.2, -0.15) is 0 Å². The normalized spacial score (nSPS) is 29.3. The van der Waals surface area contributed by atoms with Crippen LogP contribution in [-0.2, 0) is 20.8 Å². The quantitative estimate of drug-likeness (QED) is 0.277. The Kier molecular flexibility index (Phi) is 6.93. The fourth-order valence-electron chi connectivity index (χ4n) is 6.78. The van der Waals surface area contributed by atoms with E-state index < -0.39 is 75.6 Å². The lowest BCUT2D eigenvalue weighted by molar-refractivity contribution is -0.169. The van der Waals surface area contributed by atoms with Gasteiger partial charge < -0.3 is 36.0 Å². The highest BCUT2D eigenvalue weighted by Crippen LogP contribution is 2.56. The van der Waals surface area contributed by atoms with Crippen LogP contribution < -0.4 is 10.5 Å². The molecule has 0 heterocycles. The molecule has 216 valence electrons. The van der Waals surface area contributed by atoms with E-state index >= 15 is 0 Å². The van der Waals surface area contributed by atoms with Crippen LogP contribution in [0.3, 0.4) is 0 Å². The first-order valence-electron chi connectivity index (χ1n) is 13.2. The molecule has 11 heteroatoms. The van der Waals surface area contributed by atoms with E-state index in [0.717, 1.165) is 5.56 Å². The number of aromatic hydroxyl groups is 1. The molecule has 41 heavy (non-hydrogen) atoms. The van der Waals surface area contributed by atoms with E-state index in [4.69, 9.17) is 10.5 Å². The van der Waals surface area contributed by atoms with E-state index in [-0.39, 0.29) is 17.7 Å². The van der Waals surface area contributed by atoms with Crippen molar-refractivity contribution in [3.05, 3.63) is 76.1 Å². The first kappa shape index (κ1) is 28.3. The van der Waals surface area contributed by atoms with Gasteiger partial charge in [0, 0.05) is 11.5 Å². The molecule has 3 aliphatic rings. The van der Waals surface area contributed by atoms with Gasteiger partial charge in [0.25, 0.3) is 5.91 Å². The summed E-state index contributed by atoms with van der Waals surface area (Å²) < 4.78 is 5.52. The van der Waals surface area contributed by atoms with Crippen LogP contribution in [0, 0.1) is 11.8 Å². The van der Waals surface area contributed by atoms with Crippen molar-refractivity contribution in [3.8, 4) is 11.5 Å². The Bertz CT molecular complexity index is 1510. The molecule has 5 rings (SSSR count). The number of hydrogen-bond donors (Lipinski definition) is 6. The zero-order valence-electron chi connectivity index (χ0n) is 22.7. The molecule has 0 radical (unpaired) electrons. The van der Waals surface area contributed by atoms with Gasteiger partial charge in [-0.25, -0.2) is 0 Å². The molecule has 11 nitrogen and oxygen atoms in total. The van der Waals surface area contributed by atoms with Gasteiger partial charge >= 0.3 is 0 Å². The molecule has 0 bridgehead atoms. The second-order valence-electron chi connectivity index (χ2n) is 10.9. The number of benzene rings is 2. The third-order valence-electron chi connectivity index (χ3n) is 8.49. The van der Waals surface area contributed by atoms with Crippen molar-refractivity contribution in [1.29, 1.82) is 0 Å². The standard InChI is InChI=1S/C30H32N2O9/c1-4-41-14-10-8-13(9-11-14)12-16-15-6-5-7-17(33)18(15)24(34)20-19(16)25(35)22-23(32(2)3)26(36)21(29(31)39)28(38)30(22,40)27(20)37/h5-11,16,19,22-23,25,33-35,38,40H,4,12H2,1-3H3,(H2,31,39). The number of Topliss-reactive ketones (excluding diaryl/α,β-unsaturated/α-hetero) is 2. The van der Waals surface area contributed by atoms with Crippen LogP contribution >= 0.6 is 0 Å². The maximum atomic E-state index is 14.2. The largest absolute Gasteiger partial charge is 0.508 e.